The summed E-state index contributed by atoms with van der Waals surface area (Å²) in [4.78, 5) is 12.3. The Morgan fingerprint density at radius 2 is 1.76 bits per heavy atom. The first-order valence-corrected chi connectivity index (χ1v) is 7.45. The maximum Gasteiger partial charge on any atom is 0.223 e. The lowest BCUT2D eigenvalue weighted by molar-refractivity contribution is -0.126. The summed E-state index contributed by atoms with van der Waals surface area (Å²) in [5, 5.41) is 5.51. The van der Waals surface area contributed by atoms with Gasteiger partial charge in [0.15, 0.2) is 0 Å². The van der Waals surface area contributed by atoms with E-state index in [1.54, 1.807) is 0 Å². The molecule has 0 aliphatic carbocycles. The van der Waals surface area contributed by atoms with Gasteiger partial charge in [0.2, 0.25) is 5.91 Å². The molecule has 0 saturated heterocycles. The fraction of sp³-hybridized carbons (Fsp3) is 0.316. The van der Waals surface area contributed by atoms with Gasteiger partial charge in [-0.3, -0.25) is 4.79 Å². The molecular formula is C19H23NO. The first-order valence-electron chi connectivity index (χ1n) is 7.45. The second-order valence-electron chi connectivity index (χ2n) is 5.68. The van der Waals surface area contributed by atoms with Crippen LogP contribution in [0.15, 0.2) is 55.1 Å². The summed E-state index contributed by atoms with van der Waals surface area (Å²) in [5.74, 6) is 0.174. The normalized spacial score (nSPS) is 15.2. The number of hydrogen-bond acceptors (Lipinski definition) is 1. The van der Waals surface area contributed by atoms with Crippen molar-refractivity contribution in [3.05, 3.63) is 60.7 Å². The molecule has 0 heterocycles. The highest BCUT2D eigenvalue weighted by atomic mass is 16.1. The average Bonchev–Trinajstić information content (AvgIpc) is 2.52. The number of amides is 1. The zero-order chi connectivity index (χ0) is 15.4. The van der Waals surface area contributed by atoms with Gasteiger partial charge in [0, 0.05) is 5.92 Å². The third kappa shape index (κ3) is 3.33. The zero-order valence-electron chi connectivity index (χ0n) is 13.0. The third-order valence-corrected chi connectivity index (χ3v) is 4.22. The molecular weight excluding hydrogens is 258 g/mol. The molecule has 0 aliphatic heterocycles. The van der Waals surface area contributed by atoms with Crippen molar-refractivity contribution in [3.8, 4) is 0 Å². The number of benzene rings is 2. The standard InChI is InChI=1S/C19H23NO/c1-5-13(2)14(3)19(21)20-15(4)17-12-8-10-16-9-6-7-11-18(16)17/h5-15H,1H2,2-4H3,(H,20,21). The van der Waals surface area contributed by atoms with Crippen LogP contribution >= 0.6 is 0 Å². The molecule has 2 rings (SSSR count). The molecule has 1 N–H and O–H groups in total. The van der Waals surface area contributed by atoms with Gasteiger partial charge < -0.3 is 5.32 Å². The molecule has 0 aromatic heterocycles. The van der Waals surface area contributed by atoms with E-state index in [1.165, 1.54) is 10.8 Å². The maximum atomic E-state index is 12.3. The Balaban J connectivity index is 2.21. The predicted octanol–water partition coefficient (Wildman–Crippen LogP) is 4.48. The van der Waals surface area contributed by atoms with E-state index in [0.29, 0.717) is 0 Å². The van der Waals surface area contributed by atoms with Crippen molar-refractivity contribution in [2.24, 2.45) is 11.8 Å². The number of fused-ring (bicyclic) bond motifs is 1. The molecule has 110 valence electrons. The van der Waals surface area contributed by atoms with Crippen LogP contribution in [0.4, 0.5) is 0 Å². The molecule has 0 fully saturated rings. The maximum absolute atomic E-state index is 12.3. The molecule has 2 aromatic carbocycles. The van der Waals surface area contributed by atoms with E-state index in [2.05, 4.69) is 36.2 Å². The molecule has 0 aliphatic rings. The molecule has 2 nitrogen and oxygen atoms in total. The van der Waals surface area contributed by atoms with Crippen LogP contribution in [-0.2, 0) is 4.79 Å². The third-order valence-electron chi connectivity index (χ3n) is 4.22. The Kier molecular flexibility index (Phi) is 4.79. The number of carbonyl (C=O) groups excluding carboxylic acids is 1. The molecule has 3 unspecified atom stereocenters. The van der Waals surface area contributed by atoms with Crippen LogP contribution in [0.2, 0.25) is 0 Å². The van der Waals surface area contributed by atoms with Gasteiger partial charge in [0.1, 0.15) is 0 Å². The van der Waals surface area contributed by atoms with Gasteiger partial charge in [-0.15, -0.1) is 6.58 Å². The van der Waals surface area contributed by atoms with E-state index in [1.807, 2.05) is 45.0 Å². The van der Waals surface area contributed by atoms with E-state index in [9.17, 15) is 4.79 Å². The summed E-state index contributed by atoms with van der Waals surface area (Å²) < 4.78 is 0. The topological polar surface area (TPSA) is 29.1 Å². The van der Waals surface area contributed by atoms with Crippen molar-refractivity contribution in [1.82, 2.24) is 5.32 Å². The fourth-order valence-electron chi connectivity index (χ4n) is 2.49. The molecule has 0 saturated carbocycles. The van der Waals surface area contributed by atoms with E-state index in [4.69, 9.17) is 0 Å². The van der Waals surface area contributed by atoms with Crippen molar-refractivity contribution in [3.63, 3.8) is 0 Å². The second-order valence-corrected chi connectivity index (χ2v) is 5.68. The van der Waals surface area contributed by atoms with Crippen molar-refractivity contribution in [2.45, 2.75) is 26.8 Å². The van der Waals surface area contributed by atoms with Crippen LogP contribution in [0.5, 0.6) is 0 Å². The van der Waals surface area contributed by atoms with Gasteiger partial charge >= 0.3 is 0 Å². The summed E-state index contributed by atoms with van der Waals surface area (Å²) in [6, 6.07) is 14.5. The Bertz CT molecular complexity index is 642. The van der Waals surface area contributed by atoms with Gasteiger partial charge in [0.05, 0.1) is 6.04 Å². The number of allylic oxidation sites excluding steroid dienone is 1. The molecule has 3 atom stereocenters. The van der Waals surface area contributed by atoms with Gasteiger partial charge in [-0.2, -0.15) is 0 Å². The van der Waals surface area contributed by atoms with Crippen LogP contribution in [0.25, 0.3) is 10.8 Å². The van der Waals surface area contributed by atoms with Crippen LogP contribution in [-0.4, -0.2) is 5.91 Å². The van der Waals surface area contributed by atoms with Crippen molar-refractivity contribution < 1.29 is 4.79 Å². The van der Waals surface area contributed by atoms with Crippen molar-refractivity contribution in [2.75, 3.05) is 0 Å². The summed E-state index contributed by atoms with van der Waals surface area (Å²) in [5.41, 5.74) is 1.15. The monoisotopic (exact) mass is 281 g/mol. The Morgan fingerprint density at radius 1 is 1.10 bits per heavy atom. The quantitative estimate of drug-likeness (QED) is 0.805. The highest BCUT2D eigenvalue weighted by Crippen LogP contribution is 2.24. The largest absolute Gasteiger partial charge is 0.349 e. The Labute approximate surface area is 126 Å². The van der Waals surface area contributed by atoms with Crippen molar-refractivity contribution in [1.29, 1.82) is 0 Å². The number of nitrogens with one attached hydrogen (secondary N) is 1. The summed E-state index contributed by atoms with van der Waals surface area (Å²) >= 11 is 0. The highest BCUT2D eigenvalue weighted by molar-refractivity contribution is 5.87. The number of hydrogen-bond donors (Lipinski definition) is 1. The van der Waals surface area contributed by atoms with Crippen LogP contribution in [0.1, 0.15) is 32.4 Å². The lowest BCUT2D eigenvalue weighted by Gasteiger charge is -2.21. The Hall–Kier alpha value is -2.09. The molecule has 2 heteroatoms. The molecule has 1 amide bonds. The lowest BCUT2D eigenvalue weighted by Crippen LogP contribution is -2.34. The minimum Gasteiger partial charge on any atom is -0.349 e. The summed E-state index contributed by atoms with van der Waals surface area (Å²) in [6.45, 7) is 9.75. The second kappa shape index (κ2) is 6.57. The van der Waals surface area contributed by atoms with Gasteiger partial charge in [-0.1, -0.05) is 62.4 Å². The smallest absolute Gasteiger partial charge is 0.223 e. The van der Waals surface area contributed by atoms with E-state index >= 15 is 0 Å². The summed E-state index contributed by atoms with van der Waals surface area (Å²) in [6.07, 6.45) is 1.83. The lowest BCUT2D eigenvalue weighted by atomic mass is 9.94. The van der Waals surface area contributed by atoms with Gasteiger partial charge in [0.25, 0.3) is 0 Å². The minimum absolute atomic E-state index is 0.0111. The molecule has 2 aromatic rings. The minimum atomic E-state index is -0.0695. The summed E-state index contributed by atoms with van der Waals surface area (Å²) in [7, 11) is 0. The molecule has 0 bridgehead atoms. The molecule has 0 spiro atoms. The fourth-order valence-corrected chi connectivity index (χ4v) is 2.49. The zero-order valence-corrected chi connectivity index (χ0v) is 13.0. The Morgan fingerprint density at radius 3 is 2.48 bits per heavy atom. The van der Waals surface area contributed by atoms with Crippen LogP contribution in [0.3, 0.4) is 0 Å². The predicted molar refractivity (Wildman–Crippen MR) is 89.0 cm³/mol. The van der Waals surface area contributed by atoms with E-state index in [0.717, 1.165) is 5.56 Å². The van der Waals surface area contributed by atoms with E-state index < -0.39 is 0 Å². The van der Waals surface area contributed by atoms with Crippen LogP contribution < -0.4 is 5.32 Å². The molecule has 21 heavy (non-hydrogen) atoms. The van der Waals surface area contributed by atoms with Gasteiger partial charge in [-0.25, -0.2) is 0 Å². The molecule has 0 radical (unpaired) electrons. The van der Waals surface area contributed by atoms with Gasteiger partial charge in [-0.05, 0) is 29.2 Å². The van der Waals surface area contributed by atoms with E-state index in [-0.39, 0.29) is 23.8 Å². The highest BCUT2D eigenvalue weighted by Gasteiger charge is 2.20. The SMILES string of the molecule is C=CC(C)C(C)C(=O)NC(C)c1cccc2ccccc12. The number of rotatable bonds is 5. The first-order chi connectivity index (χ1) is 10.0. The van der Waals surface area contributed by atoms with Crippen molar-refractivity contribution >= 4 is 16.7 Å². The first kappa shape index (κ1) is 15.3. The van der Waals surface area contributed by atoms with Crippen LogP contribution in [0, 0.1) is 11.8 Å². The average molecular weight is 281 g/mol. The number of carbonyl (C=O) groups is 1.